The summed E-state index contributed by atoms with van der Waals surface area (Å²) in [5, 5.41) is 3.33. The Labute approximate surface area is 111 Å². The molecule has 1 saturated heterocycles. The molecule has 2 atom stereocenters. The molecule has 0 saturated carbocycles. The van der Waals surface area contributed by atoms with Crippen molar-refractivity contribution in [2.45, 2.75) is 38.7 Å². The van der Waals surface area contributed by atoms with E-state index >= 15 is 0 Å². The van der Waals surface area contributed by atoms with E-state index in [0.29, 0.717) is 12.0 Å². The normalized spacial score (nSPS) is 21.1. The van der Waals surface area contributed by atoms with Crippen LogP contribution < -0.4 is 5.32 Å². The summed E-state index contributed by atoms with van der Waals surface area (Å²) < 4.78 is 5.77. The molecule has 1 aromatic rings. The van der Waals surface area contributed by atoms with E-state index in [4.69, 9.17) is 4.74 Å². The maximum atomic E-state index is 5.77. The van der Waals surface area contributed by atoms with Crippen LogP contribution in [0.3, 0.4) is 0 Å². The first-order valence-corrected chi connectivity index (χ1v) is 7.10. The fourth-order valence-corrected chi connectivity index (χ4v) is 2.88. The molecule has 100 valence electrons. The van der Waals surface area contributed by atoms with Crippen LogP contribution in [0.4, 0.5) is 0 Å². The van der Waals surface area contributed by atoms with E-state index < -0.39 is 0 Å². The maximum Gasteiger partial charge on any atom is 0.0579 e. The van der Waals surface area contributed by atoms with Crippen molar-refractivity contribution in [3.05, 3.63) is 35.4 Å². The molecule has 1 aliphatic heterocycles. The monoisotopic (exact) mass is 247 g/mol. The zero-order valence-corrected chi connectivity index (χ0v) is 11.6. The van der Waals surface area contributed by atoms with Crippen LogP contribution in [-0.2, 0) is 11.2 Å². The molecule has 1 N–H and O–H groups in total. The lowest BCUT2D eigenvalue weighted by Gasteiger charge is -2.21. The summed E-state index contributed by atoms with van der Waals surface area (Å²) in [6.45, 7) is 4.24. The standard InChI is InChI=1S/C16H25NO/c1-13-6-3-4-7-15(13)10-14(12-17-2)11-16-8-5-9-18-16/h3-4,6-7,14,16-17H,5,8-12H2,1-2H3. The molecule has 0 aromatic heterocycles. The third-order valence-electron chi connectivity index (χ3n) is 3.88. The van der Waals surface area contributed by atoms with Gasteiger partial charge in [0.2, 0.25) is 0 Å². The molecule has 0 amide bonds. The van der Waals surface area contributed by atoms with E-state index in [1.165, 1.54) is 30.4 Å². The number of nitrogens with one attached hydrogen (secondary N) is 1. The van der Waals surface area contributed by atoms with E-state index in [0.717, 1.165) is 19.6 Å². The van der Waals surface area contributed by atoms with Crippen LogP contribution in [0.2, 0.25) is 0 Å². The fourth-order valence-electron chi connectivity index (χ4n) is 2.88. The Morgan fingerprint density at radius 3 is 2.89 bits per heavy atom. The highest BCUT2D eigenvalue weighted by Crippen LogP contribution is 2.23. The minimum atomic E-state index is 0.493. The van der Waals surface area contributed by atoms with Crippen molar-refractivity contribution in [3.63, 3.8) is 0 Å². The van der Waals surface area contributed by atoms with Gasteiger partial charge in [0.1, 0.15) is 0 Å². The summed E-state index contributed by atoms with van der Waals surface area (Å²) in [5.74, 6) is 0.680. The predicted molar refractivity (Wildman–Crippen MR) is 75.9 cm³/mol. The highest BCUT2D eigenvalue weighted by atomic mass is 16.5. The molecular weight excluding hydrogens is 222 g/mol. The topological polar surface area (TPSA) is 21.3 Å². The highest BCUT2D eigenvalue weighted by molar-refractivity contribution is 5.26. The van der Waals surface area contributed by atoms with Crippen molar-refractivity contribution in [1.29, 1.82) is 0 Å². The van der Waals surface area contributed by atoms with Gasteiger partial charge in [0.25, 0.3) is 0 Å². The Hall–Kier alpha value is -0.860. The van der Waals surface area contributed by atoms with Gasteiger partial charge in [-0.1, -0.05) is 24.3 Å². The lowest BCUT2D eigenvalue weighted by molar-refractivity contribution is 0.0895. The Kier molecular flexibility index (Phi) is 5.21. The van der Waals surface area contributed by atoms with Crippen molar-refractivity contribution in [2.24, 2.45) is 5.92 Å². The third-order valence-corrected chi connectivity index (χ3v) is 3.88. The average Bonchev–Trinajstić information content (AvgIpc) is 2.85. The molecule has 0 aliphatic carbocycles. The van der Waals surface area contributed by atoms with Gasteiger partial charge >= 0.3 is 0 Å². The van der Waals surface area contributed by atoms with Crippen LogP contribution in [0.1, 0.15) is 30.4 Å². The van der Waals surface area contributed by atoms with Crippen LogP contribution in [0.5, 0.6) is 0 Å². The van der Waals surface area contributed by atoms with Crippen molar-refractivity contribution in [2.75, 3.05) is 20.2 Å². The molecule has 2 rings (SSSR count). The number of aryl methyl sites for hydroxylation is 1. The van der Waals surface area contributed by atoms with Gasteiger partial charge in [-0.25, -0.2) is 0 Å². The molecule has 1 heterocycles. The molecule has 0 radical (unpaired) electrons. The first-order valence-electron chi connectivity index (χ1n) is 7.10. The van der Waals surface area contributed by atoms with Crippen LogP contribution in [-0.4, -0.2) is 26.3 Å². The molecular formula is C16H25NO. The molecule has 0 spiro atoms. The summed E-state index contributed by atoms with van der Waals surface area (Å²) in [5.41, 5.74) is 2.89. The van der Waals surface area contributed by atoms with Crippen LogP contribution in [0.15, 0.2) is 24.3 Å². The van der Waals surface area contributed by atoms with Crippen molar-refractivity contribution in [1.82, 2.24) is 5.32 Å². The lowest BCUT2D eigenvalue weighted by atomic mass is 9.91. The Balaban J connectivity index is 1.94. The van der Waals surface area contributed by atoms with Crippen LogP contribution in [0.25, 0.3) is 0 Å². The second-order valence-electron chi connectivity index (χ2n) is 5.43. The minimum Gasteiger partial charge on any atom is -0.378 e. The van der Waals surface area contributed by atoms with Gasteiger partial charge in [0.15, 0.2) is 0 Å². The smallest absolute Gasteiger partial charge is 0.0579 e. The maximum absolute atomic E-state index is 5.77. The summed E-state index contributed by atoms with van der Waals surface area (Å²) >= 11 is 0. The predicted octanol–water partition coefficient (Wildman–Crippen LogP) is 2.94. The zero-order valence-electron chi connectivity index (χ0n) is 11.6. The molecule has 2 nitrogen and oxygen atoms in total. The number of hydrogen-bond acceptors (Lipinski definition) is 2. The first kappa shape index (κ1) is 13.6. The Morgan fingerprint density at radius 2 is 2.22 bits per heavy atom. The van der Waals surface area contributed by atoms with Gasteiger partial charge in [0.05, 0.1) is 6.10 Å². The number of hydrogen-bond donors (Lipinski definition) is 1. The van der Waals surface area contributed by atoms with Gasteiger partial charge in [0, 0.05) is 6.61 Å². The first-order chi connectivity index (χ1) is 8.79. The number of benzene rings is 1. The number of ether oxygens (including phenoxy) is 1. The van der Waals surface area contributed by atoms with Gasteiger partial charge in [-0.15, -0.1) is 0 Å². The molecule has 1 aliphatic rings. The molecule has 18 heavy (non-hydrogen) atoms. The third kappa shape index (κ3) is 3.82. The van der Waals surface area contributed by atoms with Crippen molar-refractivity contribution in [3.8, 4) is 0 Å². The van der Waals surface area contributed by atoms with E-state index in [1.807, 2.05) is 7.05 Å². The summed E-state index contributed by atoms with van der Waals surface area (Å²) in [4.78, 5) is 0. The summed E-state index contributed by atoms with van der Waals surface area (Å²) in [7, 11) is 2.04. The largest absolute Gasteiger partial charge is 0.378 e. The Morgan fingerprint density at radius 1 is 1.39 bits per heavy atom. The molecule has 2 heteroatoms. The molecule has 1 aromatic carbocycles. The van der Waals surface area contributed by atoms with Crippen LogP contribution >= 0.6 is 0 Å². The van der Waals surface area contributed by atoms with E-state index in [2.05, 4.69) is 36.5 Å². The van der Waals surface area contributed by atoms with Crippen molar-refractivity contribution >= 4 is 0 Å². The molecule has 1 fully saturated rings. The fraction of sp³-hybridized carbons (Fsp3) is 0.625. The zero-order chi connectivity index (χ0) is 12.8. The molecule has 2 unspecified atom stereocenters. The second-order valence-corrected chi connectivity index (χ2v) is 5.43. The minimum absolute atomic E-state index is 0.493. The van der Waals surface area contributed by atoms with Gasteiger partial charge in [-0.05, 0) is 63.2 Å². The second kappa shape index (κ2) is 6.91. The number of rotatable bonds is 6. The Bertz CT molecular complexity index is 358. The van der Waals surface area contributed by atoms with E-state index in [-0.39, 0.29) is 0 Å². The van der Waals surface area contributed by atoms with E-state index in [1.54, 1.807) is 0 Å². The quantitative estimate of drug-likeness (QED) is 0.834. The summed E-state index contributed by atoms with van der Waals surface area (Å²) in [6, 6.07) is 8.72. The lowest BCUT2D eigenvalue weighted by Crippen LogP contribution is -2.25. The SMILES string of the molecule is CNCC(Cc1ccccc1C)CC1CCCO1. The van der Waals surface area contributed by atoms with Gasteiger partial charge < -0.3 is 10.1 Å². The average molecular weight is 247 g/mol. The van der Waals surface area contributed by atoms with E-state index in [9.17, 15) is 0 Å². The van der Waals surface area contributed by atoms with Crippen LogP contribution in [0, 0.1) is 12.8 Å². The van der Waals surface area contributed by atoms with Crippen molar-refractivity contribution < 1.29 is 4.74 Å². The van der Waals surface area contributed by atoms with Gasteiger partial charge in [-0.3, -0.25) is 0 Å². The van der Waals surface area contributed by atoms with Gasteiger partial charge in [-0.2, -0.15) is 0 Å². The summed E-state index contributed by atoms with van der Waals surface area (Å²) in [6.07, 6.45) is 5.32. The highest BCUT2D eigenvalue weighted by Gasteiger charge is 2.21. The molecule has 0 bridgehead atoms.